The average Bonchev–Trinajstić information content (AvgIpc) is 2.80. The van der Waals surface area contributed by atoms with Crippen molar-refractivity contribution < 1.29 is 4.79 Å². The van der Waals surface area contributed by atoms with Crippen LogP contribution in [0.3, 0.4) is 0 Å². The van der Waals surface area contributed by atoms with Crippen molar-refractivity contribution in [2.24, 2.45) is 0 Å². The first-order chi connectivity index (χ1) is 13.8. The number of rotatable bonds is 5. The Morgan fingerprint density at radius 1 is 0.750 bits per heavy atom. The highest BCUT2D eigenvalue weighted by Gasteiger charge is 2.45. The molecule has 28 heavy (non-hydrogen) atoms. The summed E-state index contributed by atoms with van der Waals surface area (Å²) in [5, 5.41) is 3.47. The van der Waals surface area contributed by atoms with Crippen LogP contribution in [0, 0.1) is 0 Å². The molecule has 3 aromatic carbocycles. The number of hydrogen-bond acceptors (Lipinski definition) is 3. The van der Waals surface area contributed by atoms with Gasteiger partial charge in [-0.2, -0.15) is 0 Å². The van der Waals surface area contributed by atoms with E-state index in [4.69, 9.17) is 0 Å². The second-order valence-corrected chi connectivity index (χ2v) is 9.51. The van der Waals surface area contributed by atoms with Crippen molar-refractivity contribution in [1.29, 1.82) is 0 Å². The number of carbonyl (C=O) groups is 1. The number of thioether (sulfide) groups is 2. The first-order valence-electron chi connectivity index (χ1n) is 9.52. The van der Waals surface area contributed by atoms with Crippen molar-refractivity contribution in [3.63, 3.8) is 0 Å². The van der Waals surface area contributed by atoms with Gasteiger partial charge in [-0.05, 0) is 41.2 Å². The second kappa shape index (κ2) is 8.89. The molecule has 1 aliphatic heterocycles. The van der Waals surface area contributed by atoms with Crippen LogP contribution in [0.4, 0.5) is 0 Å². The van der Waals surface area contributed by atoms with Crippen molar-refractivity contribution in [3.05, 3.63) is 108 Å². The lowest BCUT2D eigenvalue weighted by atomic mass is 9.83. The Morgan fingerprint density at radius 3 is 1.71 bits per heavy atom. The summed E-state index contributed by atoms with van der Waals surface area (Å²) in [4.78, 5) is 13.3. The molecule has 1 fully saturated rings. The number of hydrogen-bond donors (Lipinski definition) is 1. The molecule has 0 saturated carbocycles. The summed E-state index contributed by atoms with van der Waals surface area (Å²) in [6, 6.07) is 30.3. The molecule has 0 aliphatic carbocycles. The maximum atomic E-state index is 13.3. The number of benzene rings is 3. The lowest BCUT2D eigenvalue weighted by Gasteiger charge is -2.43. The van der Waals surface area contributed by atoms with Crippen molar-refractivity contribution in [3.8, 4) is 0 Å². The van der Waals surface area contributed by atoms with Gasteiger partial charge in [-0.15, -0.1) is 23.5 Å². The summed E-state index contributed by atoms with van der Waals surface area (Å²) in [6.07, 6.45) is 1.21. The minimum atomic E-state index is -0.592. The van der Waals surface area contributed by atoms with Crippen molar-refractivity contribution in [1.82, 2.24) is 5.32 Å². The Labute approximate surface area is 175 Å². The van der Waals surface area contributed by atoms with Gasteiger partial charge in [-0.1, -0.05) is 78.9 Å². The van der Waals surface area contributed by atoms with Crippen LogP contribution in [-0.4, -0.2) is 22.0 Å². The summed E-state index contributed by atoms with van der Waals surface area (Å²) in [5.41, 5.74) is 2.34. The van der Waals surface area contributed by atoms with Crippen LogP contribution in [0.2, 0.25) is 0 Å². The van der Waals surface area contributed by atoms with E-state index >= 15 is 0 Å². The van der Waals surface area contributed by atoms with Crippen LogP contribution >= 0.6 is 23.5 Å². The maximum Gasteiger partial charge on any atom is 0.252 e. The molecule has 0 unspecified atom stereocenters. The van der Waals surface area contributed by atoms with Crippen LogP contribution in [0.1, 0.15) is 27.9 Å². The third-order valence-corrected chi connectivity index (χ3v) is 8.16. The fourth-order valence-electron chi connectivity index (χ4n) is 3.62. The Morgan fingerprint density at radius 2 is 1.21 bits per heavy atom. The van der Waals surface area contributed by atoms with E-state index < -0.39 is 5.54 Å². The fourth-order valence-corrected chi connectivity index (χ4v) is 6.98. The number of nitrogens with one attached hydrogen (secondary N) is 1. The molecule has 1 N–H and O–H groups in total. The van der Waals surface area contributed by atoms with Gasteiger partial charge >= 0.3 is 0 Å². The molecular formula is C24H23NOS2. The van der Waals surface area contributed by atoms with E-state index in [1.165, 1.54) is 6.42 Å². The minimum absolute atomic E-state index is 0.0416. The standard InChI is InChI=1S/C24H23NOS2/c26-22(19-11-4-1-5-12-19)25-24(20-13-6-2-7-14-20,21-15-8-3-9-16-21)23-27-17-10-18-28-23/h1-9,11-16,23H,10,17-18H2,(H,25,26). The van der Waals surface area contributed by atoms with E-state index in [0.29, 0.717) is 5.56 Å². The molecule has 1 amide bonds. The van der Waals surface area contributed by atoms with Crippen LogP contribution in [-0.2, 0) is 5.54 Å². The van der Waals surface area contributed by atoms with E-state index in [1.54, 1.807) is 0 Å². The highest BCUT2D eigenvalue weighted by Crippen LogP contribution is 2.47. The SMILES string of the molecule is O=C(NC(c1ccccc1)(c1ccccc1)C1SCCCS1)c1ccccc1. The molecular weight excluding hydrogens is 382 g/mol. The zero-order valence-corrected chi connectivity index (χ0v) is 17.2. The molecule has 0 spiro atoms. The molecule has 1 saturated heterocycles. The number of amides is 1. The molecule has 2 nitrogen and oxygen atoms in total. The zero-order valence-electron chi connectivity index (χ0n) is 15.6. The quantitative estimate of drug-likeness (QED) is 0.603. The smallest absolute Gasteiger partial charge is 0.252 e. The van der Waals surface area contributed by atoms with Crippen LogP contribution in [0.25, 0.3) is 0 Å². The van der Waals surface area contributed by atoms with Gasteiger partial charge in [0.2, 0.25) is 0 Å². The molecule has 4 rings (SSSR count). The van der Waals surface area contributed by atoms with Gasteiger partial charge in [0.25, 0.3) is 5.91 Å². The van der Waals surface area contributed by atoms with Gasteiger partial charge < -0.3 is 5.32 Å². The highest BCUT2D eigenvalue weighted by molar-refractivity contribution is 8.17. The first-order valence-corrected chi connectivity index (χ1v) is 11.6. The Kier molecular flexibility index (Phi) is 6.08. The normalized spacial score (nSPS) is 15.1. The highest BCUT2D eigenvalue weighted by atomic mass is 32.2. The van der Waals surface area contributed by atoms with E-state index in [2.05, 4.69) is 53.8 Å². The van der Waals surface area contributed by atoms with Crippen LogP contribution in [0.15, 0.2) is 91.0 Å². The third-order valence-electron chi connectivity index (χ3n) is 4.99. The first kappa shape index (κ1) is 19.2. The monoisotopic (exact) mass is 405 g/mol. The van der Waals surface area contributed by atoms with Crippen LogP contribution in [0.5, 0.6) is 0 Å². The lowest BCUT2D eigenvalue weighted by Crippen LogP contribution is -2.53. The van der Waals surface area contributed by atoms with Gasteiger partial charge in [-0.3, -0.25) is 4.79 Å². The average molecular weight is 406 g/mol. The minimum Gasteiger partial charge on any atom is -0.336 e. The van der Waals surface area contributed by atoms with Crippen LogP contribution < -0.4 is 5.32 Å². The molecule has 3 aromatic rings. The fraction of sp³-hybridized carbons (Fsp3) is 0.208. The summed E-state index contributed by atoms with van der Waals surface area (Å²) >= 11 is 3.89. The molecule has 0 aromatic heterocycles. The van der Waals surface area contributed by atoms with Crippen molar-refractivity contribution in [2.45, 2.75) is 16.5 Å². The second-order valence-electron chi connectivity index (χ2n) is 6.79. The van der Waals surface area contributed by atoms with Gasteiger partial charge in [-0.25, -0.2) is 0 Å². The summed E-state index contributed by atoms with van der Waals surface area (Å²) < 4.78 is 0.207. The third kappa shape index (κ3) is 3.85. The Hall–Kier alpha value is -2.17. The molecule has 4 heteroatoms. The maximum absolute atomic E-state index is 13.3. The lowest BCUT2D eigenvalue weighted by molar-refractivity contribution is 0.0918. The van der Waals surface area contributed by atoms with Gasteiger partial charge in [0.1, 0.15) is 5.54 Å². The predicted molar refractivity (Wildman–Crippen MR) is 121 cm³/mol. The van der Waals surface area contributed by atoms with Gasteiger partial charge in [0.05, 0.1) is 4.58 Å². The molecule has 1 aliphatic rings. The summed E-state index contributed by atoms with van der Waals surface area (Å²) in [6.45, 7) is 0. The largest absolute Gasteiger partial charge is 0.336 e. The van der Waals surface area contributed by atoms with Crippen molar-refractivity contribution in [2.75, 3.05) is 11.5 Å². The molecule has 0 atom stereocenters. The van der Waals surface area contributed by atoms with E-state index in [1.807, 2.05) is 66.0 Å². The van der Waals surface area contributed by atoms with Crippen molar-refractivity contribution >= 4 is 29.4 Å². The number of carbonyl (C=O) groups excluding carboxylic acids is 1. The predicted octanol–water partition coefficient (Wildman–Crippen LogP) is 5.56. The molecule has 142 valence electrons. The summed E-state index contributed by atoms with van der Waals surface area (Å²) in [5.74, 6) is 2.18. The van der Waals surface area contributed by atoms with Gasteiger partial charge in [0.15, 0.2) is 0 Å². The Bertz CT molecular complexity index is 854. The van der Waals surface area contributed by atoms with E-state index in [0.717, 1.165) is 22.6 Å². The Balaban J connectivity index is 1.86. The zero-order chi connectivity index (χ0) is 19.2. The van der Waals surface area contributed by atoms with E-state index in [-0.39, 0.29) is 10.5 Å². The molecule has 1 heterocycles. The summed E-state index contributed by atoms with van der Waals surface area (Å²) in [7, 11) is 0. The topological polar surface area (TPSA) is 29.1 Å². The molecule has 0 bridgehead atoms. The van der Waals surface area contributed by atoms with Gasteiger partial charge in [0, 0.05) is 5.56 Å². The van der Waals surface area contributed by atoms with E-state index in [9.17, 15) is 4.79 Å². The molecule has 0 radical (unpaired) electrons.